The molecule has 0 saturated heterocycles. The average molecular weight is 894 g/mol. The van der Waals surface area contributed by atoms with Crippen LogP contribution in [0.5, 0.6) is 0 Å². The van der Waals surface area contributed by atoms with Gasteiger partial charge in [0.25, 0.3) is 0 Å². The molecular weight excluding hydrogens is 843 g/mol. The minimum atomic E-state index is 0.887. The molecule has 1 aromatic heterocycles. The van der Waals surface area contributed by atoms with Crippen LogP contribution in [-0.2, 0) is 0 Å². The number of nitrogens with zero attached hydrogens (tertiary/aromatic N) is 1. The van der Waals surface area contributed by atoms with E-state index in [1.807, 2.05) is 0 Å². The van der Waals surface area contributed by atoms with E-state index in [1.54, 1.807) is 0 Å². The molecule has 0 saturated carbocycles. The molecule has 0 atom stereocenters. The van der Waals surface area contributed by atoms with Crippen LogP contribution in [0.4, 0.5) is 17.1 Å². The molecule has 0 amide bonds. The molecule has 0 aliphatic carbocycles. The van der Waals surface area contributed by atoms with Gasteiger partial charge in [0.15, 0.2) is 0 Å². The van der Waals surface area contributed by atoms with E-state index in [-0.39, 0.29) is 0 Å². The summed E-state index contributed by atoms with van der Waals surface area (Å²) >= 11 is 0. The summed E-state index contributed by atoms with van der Waals surface area (Å²) in [6.07, 6.45) is 0. The molecule has 2 nitrogen and oxygen atoms in total. The highest BCUT2D eigenvalue weighted by Crippen LogP contribution is 2.45. The summed E-state index contributed by atoms with van der Waals surface area (Å²) in [4.78, 5) is 2.54. The molecule has 0 radical (unpaired) electrons. The maximum atomic E-state index is 6.79. The van der Waals surface area contributed by atoms with Crippen molar-refractivity contribution >= 4 is 234 Å². The lowest BCUT2D eigenvalue weighted by Gasteiger charge is -2.35. The highest BCUT2D eigenvalue weighted by molar-refractivity contribution is 6.72. The van der Waals surface area contributed by atoms with Crippen LogP contribution in [0.25, 0.3) is 88.0 Å². The summed E-state index contributed by atoms with van der Waals surface area (Å²) in [5.41, 5.74) is 33.0. The van der Waals surface area contributed by atoms with Crippen LogP contribution in [0.3, 0.4) is 0 Å². The molecule has 0 fully saturated rings. The van der Waals surface area contributed by atoms with Crippen LogP contribution < -0.4 is 75.9 Å². The Labute approximate surface area is 430 Å². The van der Waals surface area contributed by atoms with E-state index in [0.717, 1.165) is 49.8 Å². The molecule has 71 heavy (non-hydrogen) atoms. The average Bonchev–Trinajstić information content (AvgIpc) is 3.79. The Morgan fingerprint density at radius 2 is 0.746 bits per heavy atom. The zero-order chi connectivity index (χ0) is 49.7. The Morgan fingerprint density at radius 3 is 1.35 bits per heavy atom. The molecule has 0 N–H and O–H groups in total. The molecule has 0 unspecified atom stereocenters. The summed E-state index contributed by atoms with van der Waals surface area (Å²) in [7, 11) is 30.3. The van der Waals surface area contributed by atoms with Crippen molar-refractivity contribution in [2.45, 2.75) is 0 Å². The van der Waals surface area contributed by atoms with Gasteiger partial charge in [-0.05, 0) is 85.4 Å². The fourth-order valence-electron chi connectivity index (χ4n) is 12.3. The molecule has 11 rings (SSSR count). The normalized spacial score (nSPS) is 11.5. The third-order valence-electron chi connectivity index (χ3n) is 17.0. The third-order valence-corrected chi connectivity index (χ3v) is 17.0. The largest absolute Gasteiger partial charge is 0.455 e. The van der Waals surface area contributed by atoms with Crippen molar-refractivity contribution in [1.82, 2.24) is 0 Å². The molecule has 10 aromatic carbocycles. The standard InChI is InChI=1S/C56H50B13NO/c57-42-38(40-46(61)50(65)52(67)51(66)47(40)62)43(58)45(60)39(44(42)59)41-48(63)53(68)55(54(69)49(41)64)70(28-22-19-27(20-23-28)30-15-7-11-25-9-1-3-12-29(25)30)35-17-6-5-14-32(35)33-16-8-18-36-37(33)34-24-21-26-10-2-4-13-31(26)56(34)71-36/h1-24H,57-69H2. The third kappa shape index (κ3) is 7.20. The number of fused-ring (bicyclic) bond motifs is 6. The van der Waals surface area contributed by atoms with Crippen molar-refractivity contribution in [1.29, 1.82) is 0 Å². The zero-order valence-electron chi connectivity index (χ0n) is 43.7. The second kappa shape index (κ2) is 17.8. The zero-order valence-corrected chi connectivity index (χ0v) is 43.7. The summed E-state index contributed by atoms with van der Waals surface area (Å²) in [6, 6.07) is 53.1. The van der Waals surface area contributed by atoms with E-state index in [1.165, 1.54) is 126 Å². The van der Waals surface area contributed by atoms with Crippen molar-refractivity contribution in [2.24, 2.45) is 0 Å². The lowest BCUT2D eigenvalue weighted by Crippen LogP contribution is -2.57. The summed E-state index contributed by atoms with van der Waals surface area (Å²) in [6.45, 7) is 0. The van der Waals surface area contributed by atoms with E-state index < -0.39 is 0 Å². The molecule has 324 valence electrons. The van der Waals surface area contributed by atoms with Gasteiger partial charge in [0.2, 0.25) is 0 Å². The summed E-state index contributed by atoms with van der Waals surface area (Å²) in [5.74, 6) is 0. The van der Waals surface area contributed by atoms with Gasteiger partial charge in [-0.3, -0.25) is 0 Å². The fourth-order valence-corrected chi connectivity index (χ4v) is 12.3. The second-order valence-electron chi connectivity index (χ2n) is 20.3. The molecule has 0 aliphatic rings. The molecular formula is C56H50B13NO. The van der Waals surface area contributed by atoms with Gasteiger partial charge in [-0.25, -0.2) is 0 Å². The number of rotatable bonds is 7. The van der Waals surface area contributed by atoms with Crippen molar-refractivity contribution < 1.29 is 4.42 Å². The van der Waals surface area contributed by atoms with Crippen LogP contribution in [0, 0.1) is 0 Å². The quantitative estimate of drug-likeness (QED) is 0.148. The van der Waals surface area contributed by atoms with E-state index in [4.69, 9.17) is 4.42 Å². The second-order valence-corrected chi connectivity index (χ2v) is 20.3. The van der Waals surface area contributed by atoms with Crippen molar-refractivity contribution in [2.75, 3.05) is 4.90 Å². The Bertz CT molecular complexity index is 3960. The lowest BCUT2D eigenvalue weighted by atomic mass is 9.55. The van der Waals surface area contributed by atoms with Crippen molar-refractivity contribution in [3.05, 3.63) is 146 Å². The van der Waals surface area contributed by atoms with E-state index in [0.29, 0.717) is 0 Å². The SMILES string of the molecule is Bc1c(B)c(B)c(-c2c(B)c(B)c(-c3c(B)c(B)c(N(c4ccc(-c5cccc6ccccc56)cc4)c4ccccc4-c4cccc5oc6c7ccccc7ccc6c45)c(B)c3B)c(B)c2B)c(B)c1B. The van der Waals surface area contributed by atoms with Crippen LogP contribution in [0.1, 0.15) is 0 Å². The number of anilines is 3. The van der Waals surface area contributed by atoms with Gasteiger partial charge in [0.05, 0.1) is 5.69 Å². The van der Waals surface area contributed by atoms with Gasteiger partial charge >= 0.3 is 0 Å². The molecule has 0 aliphatic heterocycles. The molecule has 15 heteroatoms. The first-order chi connectivity index (χ1) is 34.2. The Hall–Kier alpha value is -6.84. The van der Waals surface area contributed by atoms with Gasteiger partial charge in [0.1, 0.15) is 113 Å². The van der Waals surface area contributed by atoms with Gasteiger partial charge in [-0.15, -0.1) is 16.4 Å². The Morgan fingerprint density at radius 1 is 0.310 bits per heavy atom. The van der Waals surface area contributed by atoms with Gasteiger partial charge < -0.3 is 9.32 Å². The number of benzene rings is 10. The number of para-hydroxylation sites is 1. The fraction of sp³-hybridized carbons (Fsp3) is 0. The molecule has 1 heterocycles. The summed E-state index contributed by atoms with van der Waals surface area (Å²) < 4.78 is 6.79. The topological polar surface area (TPSA) is 16.4 Å². The van der Waals surface area contributed by atoms with Gasteiger partial charge in [-0.1, -0.05) is 170 Å². The maximum Gasteiger partial charge on any atom is 0.143 e. The summed E-state index contributed by atoms with van der Waals surface area (Å²) in [5, 5.41) is 7.05. The first-order valence-electron chi connectivity index (χ1n) is 25.3. The van der Waals surface area contributed by atoms with Crippen LogP contribution in [0.2, 0.25) is 0 Å². The Kier molecular flexibility index (Phi) is 11.7. The number of hydrogen-bond acceptors (Lipinski definition) is 2. The predicted molar refractivity (Wildman–Crippen MR) is 351 cm³/mol. The van der Waals surface area contributed by atoms with Crippen LogP contribution in [0.15, 0.2) is 150 Å². The minimum Gasteiger partial charge on any atom is -0.455 e. The first-order valence-corrected chi connectivity index (χ1v) is 25.3. The van der Waals surface area contributed by atoms with Crippen LogP contribution >= 0.6 is 0 Å². The van der Waals surface area contributed by atoms with Crippen molar-refractivity contribution in [3.8, 4) is 44.5 Å². The first kappa shape index (κ1) is 46.5. The molecule has 0 spiro atoms. The van der Waals surface area contributed by atoms with E-state index in [9.17, 15) is 0 Å². The lowest BCUT2D eigenvalue weighted by molar-refractivity contribution is 0.673. The monoisotopic (exact) mass is 896 g/mol. The maximum absolute atomic E-state index is 6.79. The number of hydrogen-bond donors (Lipinski definition) is 0. The van der Waals surface area contributed by atoms with Gasteiger partial charge in [-0.2, -0.15) is 0 Å². The molecule has 0 bridgehead atoms. The van der Waals surface area contributed by atoms with Gasteiger partial charge in [0, 0.05) is 33.1 Å². The van der Waals surface area contributed by atoms with E-state index >= 15 is 0 Å². The number of furan rings is 1. The smallest absolute Gasteiger partial charge is 0.143 e. The molecule has 11 aromatic rings. The highest BCUT2D eigenvalue weighted by Gasteiger charge is 2.28. The predicted octanol–water partition coefficient (Wildman–Crippen LogP) is -6.61. The highest BCUT2D eigenvalue weighted by atomic mass is 16.3. The Balaban J connectivity index is 1.15. The van der Waals surface area contributed by atoms with E-state index in [2.05, 4.69) is 252 Å². The minimum absolute atomic E-state index is 0.887. The van der Waals surface area contributed by atoms with Crippen molar-refractivity contribution in [3.63, 3.8) is 0 Å². The van der Waals surface area contributed by atoms with Crippen LogP contribution in [-0.4, -0.2) is 102 Å².